The lowest BCUT2D eigenvalue weighted by Crippen LogP contribution is -1.95. The predicted molar refractivity (Wildman–Crippen MR) is 204 cm³/mol. The molecule has 0 nitrogen and oxygen atoms in total. The molecule has 0 aromatic heterocycles. The van der Waals surface area contributed by atoms with Gasteiger partial charge in [-0.1, -0.05) is 116 Å². The van der Waals surface area contributed by atoms with Gasteiger partial charge < -0.3 is 0 Å². The van der Waals surface area contributed by atoms with Crippen molar-refractivity contribution in [3.05, 3.63) is 166 Å². The SMILES string of the molecule is Cc1cc(CCCCCCCc2cc(C)c(-c3ccc(-c4ccc(F)cc4)cc3)c(C)c2)cc(C)c1-c1ccc(-c2ccc(F)cc2)cc1. The van der Waals surface area contributed by atoms with Crippen LogP contribution in [0.4, 0.5) is 8.78 Å². The number of hydrogen-bond acceptors (Lipinski definition) is 0. The maximum Gasteiger partial charge on any atom is 0.123 e. The van der Waals surface area contributed by atoms with Crippen LogP contribution in [0.1, 0.15) is 65.5 Å². The quantitative estimate of drug-likeness (QED) is 0.116. The third kappa shape index (κ3) is 8.43. The van der Waals surface area contributed by atoms with E-state index in [9.17, 15) is 8.78 Å². The molecule has 0 amide bonds. The Hall–Kier alpha value is -4.82. The average molecular weight is 649 g/mol. The average Bonchev–Trinajstić information content (AvgIpc) is 3.09. The van der Waals surface area contributed by atoms with E-state index in [0.29, 0.717) is 0 Å². The van der Waals surface area contributed by atoms with Crippen LogP contribution in [0.2, 0.25) is 0 Å². The van der Waals surface area contributed by atoms with Gasteiger partial charge in [-0.15, -0.1) is 0 Å². The summed E-state index contributed by atoms with van der Waals surface area (Å²) in [7, 11) is 0. The first-order chi connectivity index (χ1) is 23.7. The summed E-state index contributed by atoms with van der Waals surface area (Å²) in [5.41, 5.74) is 17.5. The van der Waals surface area contributed by atoms with Gasteiger partial charge in [0.1, 0.15) is 11.6 Å². The Morgan fingerprint density at radius 3 is 0.878 bits per heavy atom. The number of hydrogen-bond donors (Lipinski definition) is 0. The lowest BCUT2D eigenvalue weighted by Gasteiger charge is -2.14. The third-order valence-electron chi connectivity index (χ3n) is 9.82. The molecular formula is C47H46F2. The van der Waals surface area contributed by atoms with E-state index in [0.717, 1.165) is 35.1 Å². The van der Waals surface area contributed by atoms with Crippen LogP contribution in [0.3, 0.4) is 0 Å². The Labute approximate surface area is 291 Å². The van der Waals surface area contributed by atoms with E-state index in [1.54, 1.807) is 0 Å². The summed E-state index contributed by atoms with van der Waals surface area (Å²) in [5, 5.41) is 0. The van der Waals surface area contributed by atoms with Crippen molar-refractivity contribution in [3.8, 4) is 44.5 Å². The molecule has 0 spiro atoms. The fourth-order valence-electron chi connectivity index (χ4n) is 7.44. The van der Waals surface area contributed by atoms with Crippen molar-refractivity contribution in [1.82, 2.24) is 0 Å². The minimum Gasteiger partial charge on any atom is -0.207 e. The molecule has 0 N–H and O–H groups in total. The second-order valence-electron chi connectivity index (χ2n) is 13.6. The summed E-state index contributed by atoms with van der Waals surface area (Å²) in [6.07, 6.45) is 8.47. The minimum atomic E-state index is -0.208. The second kappa shape index (κ2) is 15.6. The van der Waals surface area contributed by atoms with Gasteiger partial charge in [0.25, 0.3) is 0 Å². The van der Waals surface area contributed by atoms with Gasteiger partial charge in [0.15, 0.2) is 0 Å². The van der Waals surface area contributed by atoms with Gasteiger partial charge in [0, 0.05) is 0 Å². The van der Waals surface area contributed by atoms with Gasteiger partial charge in [-0.2, -0.15) is 0 Å². The third-order valence-corrected chi connectivity index (χ3v) is 9.82. The number of halogens is 2. The van der Waals surface area contributed by atoms with E-state index in [-0.39, 0.29) is 11.6 Å². The van der Waals surface area contributed by atoms with Crippen molar-refractivity contribution in [2.24, 2.45) is 0 Å². The van der Waals surface area contributed by atoms with Crippen molar-refractivity contribution in [2.75, 3.05) is 0 Å². The van der Waals surface area contributed by atoms with Gasteiger partial charge >= 0.3 is 0 Å². The number of aryl methyl sites for hydroxylation is 6. The van der Waals surface area contributed by atoms with Crippen molar-refractivity contribution in [3.63, 3.8) is 0 Å². The van der Waals surface area contributed by atoms with E-state index in [2.05, 4.69) is 100 Å². The zero-order valence-corrected chi connectivity index (χ0v) is 29.3. The lowest BCUT2D eigenvalue weighted by atomic mass is 9.91. The number of benzene rings is 6. The summed E-state index contributed by atoms with van der Waals surface area (Å²) in [6, 6.07) is 40.1. The van der Waals surface area contributed by atoms with E-state index in [1.165, 1.54) is 112 Å². The molecule has 49 heavy (non-hydrogen) atoms. The normalized spacial score (nSPS) is 11.2. The highest BCUT2D eigenvalue weighted by Gasteiger charge is 2.11. The van der Waals surface area contributed by atoms with Crippen LogP contribution < -0.4 is 0 Å². The maximum atomic E-state index is 13.3. The number of rotatable bonds is 12. The van der Waals surface area contributed by atoms with Gasteiger partial charge in [-0.3, -0.25) is 0 Å². The molecule has 0 fully saturated rings. The van der Waals surface area contributed by atoms with Crippen LogP contribution in [0.5, 0.6) is 0 Å². The molecule has 6 aromatic rings. The smallest absolute Gasteiger partial charge is 0.123 e. The molecule has 0 atom stereocenters. The molecule has 0 aliphatic rings. The van der Waals surface area contributed by atoms with Crippen LogP contribution in [0.15, 0.2) is 121 Å². The fraction of sp³-hybridized carbons (Fsp3) is 0.234. The molecule has 248 valence electrons. The highest BCUT2D eigenvalue weighted by atomic mass is 19.1. The predicted octanol–water partition coefficient (Wildman–Crippen LogP) is 13.6. The van der Waals surface area contributed by atoms with Gasteiger partial charge in [0.2, 0.25) is 0 Å². The Bertz CT molecular complexity index is 1800. The molecule has 0 unspecified atom stereocenters. The summed E-state index contributed by atoms with van der Waals surface area (Å²) >= 11 is 0. The van der Waals surface area contributed by atoms with Crippen molar-refractivity contribution < 1.29 is 8.78 Å². The Kier molecular flexibility index (Phi) is 10.8. The largest absolute Gasteiger partial charge is 0.207 e. The fourth-order valence-corrected chi connectivity index (χ4v) is 7.44. The molecule has 0 saturated carbocycles. The first-order valence-corrected chi connectivity index (χ1v) is 17.7. The molecule has 0 aliphatic heterocycles. The van der Waals surface area contributed by atoms with Crippen LogP contribution in [0.25, 0.3) is 44.5 Å². The first-order valence-electron chi connectivity index (χ1n) is 17.7. The molecule has 0 radical (unpaired) electrons. The maximum absolute atomic E-state index is 13.3. The Morgan fingerprint density at radius 2 is 0.571 bits per heavy atom. The van der Waals surface area contributed by atoms with Crippen LogP contribution in [0, 0.1) is 39.3 Å². The molecule has 2 heteroatoms. The summed E-state index contributed by atoms with van der Waals surface area (Å²) in [5.74, 6) is -0.417. The number of unbranched alkanes of at least 4 members (excludes halogenated alkanes) is 4. The second-order valence-corrected chi connectivity index (χ2v) is 13.6. The van der Waals surface area contributed by atoms with Gasteiger partial charge in [-0.25, -0.2) is 8.78 Å². The monoisotopic (exact) mass is 648 g/mol. The molecule has 6 aromatic carbocycles. The zero-order valence-electron chi connectivity index (χ0n) is 29.3. The topological polar surface area (TPSA) is 0 Å². The van der Waals surface area contributed by atoms with Crippen molar-refractivity contribution >= 4 is 0 Å². The Morgan fingerprint density at radius 1 is 0.327 bits per heavy atom. The molecule has 6 rings (SSSR count). The van der Waals surface area contributed by atoms with Crippen LogP contribution in [-0.4, -0.2) is 0 Å². The summed E-state index contributed by atoms with van der Waals surface area (Å²) in [6.45, 7) is 8.89. The molecule has 0 heterocycles. The highest BCUT2D eigenvalue weighted by Crippen LogP contribution is 2.33. The highest BCUT2D eigenvalue weighted by molar-refractivity contribution is 5.76. The minimum absolute atomic E-state index is 0.208. The Balaban J connectivity index is 0.960. The van der Waals surface area contributed by atoms with Gasteiger partial charge in [0.05, 0.1) is 0 Å². The van der Waals surface area contributed by atoms with Crippen LogP contribution in [-0.2, 0) is 12.8 Å². The van der Waals surface area contributed by atoms with E-state index in [4.69, 9.17) is 0 Å². The first kappa shape index (κ1) is 34.1. The van der Waals surface area contributed by atoms with Crippen LogP contribution >= 0.6 is 0 Å². The van der Waals surface area contributed by atoms with E-state index >= 15 is 0 Å². The van der Waals surface area contributed by atoms with Crippen molar-refractivity contribution in [2.45, 2.75) is 72.6 Å². The molecular weight excluding hydrogens is 603 g/mol. The van der Waals surface area contributed by atoms with Crippen molar-refractivity contribution in [1.29, 1.82) is 0 Å². The molecule has 0 saturated heterocycles. The summed E-state index contributed by atoms with van der Waals surface area (Å²) < 4.78 is 26.7. The zero-order chi connectivity index (χ0) is 34.3. The standard InChI is InChI=1S/C47H46F2/c1-32-28-36(29-33(2)46(32)42-16-12-38(13-17-42)40-20-24-44(48)25-21-40)10-8-6-5-7-9-11-37-30-34(3)47(35(4)31-37)43-18-14-39(15-19-43)41-22-26-45(49)27-23-41/h12-31H,5-11H2,1-4H3. The summed E-state index contributed by atoms with van der Waals surface area (Å²) in [4.78, 5) is 0. The molecule has 0 aliphatic carbocycles. The van der Waals surface area contributed by atoms with E-state index in [1.807, 2.05) is 24.3 Å². The van der Waals surface area contributed by atoms with Gasteiger partial charge in [-0.05, 0) is 156 Å². The van der Waals surface area contributed by atoms with E-state index < -0.39 is 0 Å². The molecule has 0 bridgehead atoms. The lowest BCUT2D eigenvalue weighted by molar-refractivity contribution is 0.613.